The minimum atomic E-state index is -4.36. The van der Waals surface area contributed by atoms with Crippen LogP contribution in [-0.2, 0) is 26.3 Å². The predicted octanol–water partition coefficient (Wildman–Crippen LogP) is 3.18. The van der Waals surface area contributed by atoms with Crippen LogP contribution in [0.4, 0.5) is 13.2 Å². The molecule has 0 amide bonds. The van der Waals surface area contributed by atoms with Crippen LogP contribution < -0.4 is 10.6 Å². The minimum absolute atomic E-state index is 0.142. The number of nitrogens with one attached hydrogen (secondary N) is 2. The third-order valence-electron chi connectivity index (χ3n) is 4.09. The first-order valence-electron chi connectivity index (χ1n) is 8.84. The van der Waals surface area contributed by atoms with E-state index < -0.39 is 11.7 Å². The van der Waals surface area contributed by atoms with Gasteiger partial charge in [0.2, 0.25) is 0 Å². The molecule has 0 saturated heterocycles. The van der Waals surface area contributed by atoms with Gasteiger partial charge in [0.1, 0.15) is 5.82 Å². The molecule has 148 valence electrons. The third kappa shape index (κ3) is 6.26. The second-order valence-corrected chi connectivity index (χ2v) is 6.22. The van der Waals surface area contributed by atoms with Gasteiger partial charge in [0.15, 0.2) is 11.8 Å². The fourth-order valence-electron chi connectivity index (χ4n) is 2.34. The van der Waals surface area contributed by atoms with Gasteiger partial charge in [0.05, 0.1) is 18.7 Å². The van der Waals surface area contributed by atoms with Crippen LogP contribution in [0.5, 0.6) is 0 Å². The molecule has 0 saturated carbocycles. The summed E-state index contributed by atoms with van der Waals surface area (Å²) in [6.07, 6.45) is -2.37. The lowest BCUT2D eigenvalue weighted by Gasteiger charge is -2.13. The molecular weight excluding hydrogens is 357 g/mol. The van der Waals surface area contributed by atoms with Crippen LogP contribution in [0.15, 0.2) is 29.3 Å². The van der Waals surface area contributed by atoms with Crippen molar-refractivity contribution in [2.24, 2.45) is 12.0 Å². The molecule has 27 heavy (non-hydrogen) atoms. The molecule has 0 aliphatic rings. The Balaban J connectivity index is 2.07. The highest BCUT2D eigenvalue weighted by molar-refractivity contribution is 5.79. The van der Waals surface area contributed by atoms with Gasteiger partial charge in [0.25, 0.3) is 0 Å². The summed E-state index contributed by atoms with van der Waals surface area (Å²) in [6, 6.07) is 5.21. The Morgan fingerprint density at radius 2 is 2.00 bits per heavy atom. The molecule has 1 heterocycles. The first-order chi connectivity index (χ1) is 12.8. The molecule has 0 fully saturated rings. The van der Waals surface area contributed by atoms with E-state index in [1.165, 1.54) is 6.07 Å². The highest BCUT2D eigenvalue weighted by Gasteiger charge is 2.30. The number of benzene rings is 1. The lowest BCUT2D eigenvalue weighted by molar-refractivity contribution is -0.137. The van der Waals surface area contributed by atoms with Crippen molar-refractivity contribution in [3.8, 4) is 0 Å². The van der Waals surface area contributed by atoms with Gasteiger partial charge in [-0.1, -0.05) is 25.5 Å². The lowest BCUT2D eigenvalue weighted by atomic mass is 10.1. The van der Waals surface area contributed by atoms with Crippen molar-refractivity contribution in [1.82, 2.24) is 25.4 Å². The molecule has 0 unspecified atom stereocenters. The molecule has 0 aliphatic heterocycles. The lowest BCUT2D eigenvalue weighted by Crippen LogP contribution is -2.38. The summed E-state index contributed by atoms with van der Waals surface area (Å²) in [7, 11) is 1.87. The number of halogens is 3. The Bertz CT molecular complexity index is 767. The molecule has 0 spiro atoms. The maximum atomic E-state index is 12.8. The standard InChI is InChI=1S/C18H25F3N6/c1-4-5-9-22-17(24-12-16-26-25-13(2)27(16)3)23-11-14-7-6-8-15(10-14)18(19,20)21/h6-8,10H,4-5,9,11-12H2,1-3H3,(H2,22,23,24). The SMILES string of the molecule is CCCCNC(=NCc1cccc(C(F)(F)F)c1)NCc1nnc(C)n1C. The van der Waals surface area contributed by atoms with E-state index in [-0.39, 0.29) is 6.54 Å². The van der Waals surface area contributed by atoms with Crippen molar-refractivity contribution >= 4 is 5.96 Å². The van der Waals surface area contributed by atoms with E-state index in [4.69, 9.17) is 0 Å². The van der Waals surface area contributed by atoms with Crippen molar-refractivity contribution in [2.45, 2.75) is 46.0 Å². The highest BCUT2D eigenvalue weighted by atomic mass is 19.4. The first kappa shape index (κ1) is 20.7. The van der Waals surface area contributed by atoms with Crippen molar-refractivity contribution in [3.63, 3.8) is 0 Å². The second kappa shape index (κ2) is 9.38. The van der Waals surface area contributed by atoms with Crippen LogP contribution in [0, 0.1) is 6.92 Å². The van der Waals surface area contributed by atoms with Crippen LogP contribution in [0.3, 0.4) is 0 Å². The monoisotopic (exact) mass is 382 g/mol. The van der Waals surface area contributed by atoms with Gasteiger partial charge in [-0.15, -0.1) is 10.2 Å². The maximum Gasteiger partial charge on any atom is 0.416 e. The summed E-state index contributed by atoms with van der Waals surface area (Å²) in [5.41, 5.74) is -0.172. The molecule has 9 heteroatoms. The summed E-state index contributed by atoms with van der Waals surface area (Å²) in [5.74, 6) is 2.08. The number of aliphatic imine (C=N–C) groups is 1. The predicted molar refractivity (Wildman–Crippen MR) is 98.1 cm³/mol. The van der Waals surface area contributed by atoms with E-state index in [1.54, 1.807) is 6.07 Å². The molecule has 2 N–H and O–H groups in total. The smallest absolute Gasteiger partial charge is 0.356 e. The topological polar surface area (TPSA) is 67.1 Å². The summed E-state index contributed by atoms with van der Waals surface area (Å²) in [4.78, 5) is 4.41. The molecule has 0 bridgehead atoms. The normalized spacial score (nSPS) is 12.3. The largest absolute Gasteiger partial charge is 0.416 e. The van der Waals surface area contributed by atoms with E-state index in [0.717, 1.165) is 43.2 Å². The maximum absolute atomic E-state index is 12.8. The zero-order valence-corrected chi connectivity index (χ0v) is 15.8. The zero-order chi connectivity index (χ0) is 19.9. The van der Waals surface area contributed by atoms with Crippen LogP contribution >= 0.6 is 0 Å². The van der Waals surface area contributed by atoms with Crippen LogP contribution in [-0.4, -0.2) is 27.3 Å². The number of guanidine groups is 1. The average molecular weight is 382 g/mol. The van der Waals surface area contributed by atoms with Gasteiger partial charge < -0.3 is 15.2 Å². The van der Waals surface area contributed by atoms with E-state index in [1.807, 2.05) is 18.5 Å². The average Bonchev–Trinajstić information content (AvgIpc) is 2.95. The van der Waals surface area contributed by atoms with Crippen LogP contribution in [0.25, 0.3) is 0 Å². The summed E-state index contributed by atoms with van der Waals surface area (Å²) >= 11 is 0. The quantitative estimate of drug-likeness (QED) is 0.439. The van der Waals surface area contributed by atoms with Crippen molar-refractivity contribution in [2.75, 3.05) is 6.54 Å². The first-order valence-corrected chi connectivity index (χ1v) is 8.84. The van der Waals surface area contributed by atoms with E-state index >= 15 is 0 Å². The number of aromatic nitrogens is 3. The third-order valence-corrected chi connectivity index (χ3v) is 4.09. The number of nitrogens with zero attached hydrogens (tertiary/aromatic N) is 4. The zero-order valence-electron chi connectivity index (χ0n) is 15.8. The number of rotatable bonds is 7. The Kier molecular flexibility index (Phi) is 7.20. The molecule has 1 aromatic heterocycles. The number of hydrogen-bond acceptors (Lipinski definition) is 3. The Morgan fingerprint density at radius 3 is 2.63 bits per heavy atom. The molecule has 2 rings (SSSR count). The van der Waals surface area contributed by atoms with Gasteiger partial charge in [0, 0.05) is 13.6 Å². The van der Waals surface area contributed by atoms with Crippen LogP contribution in [0.2, 0.25) is 0 Å². The number of aryl methyl sites for hydroxylation is 1. The molecule has 0 aliphatic carbocycles. The van der Waals surface area contributed by atoms with Gasteiger partial charge in [-0.25, -0.2) is 4.99 Å². The summed E-state index contributed by atoms with van der Waals surface area (Å²) in [6.45, 7) is 5.22. The molecule has 0 radical (unpaired) electrons. The Hall–Kier alpha value is -2.58. The second-order valence-electron chi connectivity index (χ2n) is 6.22. The van der Waals surface area contributed by atoms with Crippen molar-refractivity contribution < 1.29 is 13.2 Å². The van der Waals surface area contributed by atoms with Gasteiger partial charge >= 0.3 is 6.18 Å². The Morgan fingerprint density at radius 1 is 1.22 bits per heavy atom. The summed E-state index contributed by atoms with van der Waals surface area (Å²) in [5, 5.41) is 14.4. The molecule has 2 aromatic rings. The molecule has 6 nitrogen and oxygen atoms in total. The van der Waals surface area contributed by atoms with Crippen molar-refractivity contribution in [3.05, 3.63) is 47.0 Å². The molecular formula is C18H25F3N6. The number of hydrogen-bond donors (Lipinski definition) is 2. The highest BCUT2D eigenvalue weighted by Crippen LogP contribution is 2.29. The van der Waals surface area contributed by atoms with Gasteiger partial charge in [-0.05, 0) is 31.0 Å². The molecule has 1 aromatic carbocycles. The summed E-state index contributed by atoms with van der Waals surface area (Å²) < 4.78 is 40.4. The van der Waals surface area contributed by atoms with Crippen LogP contribution in [0.1, 0.15) is 42.5 Å². The van der Waals surface area contributed by atoms with E-state index in [0.29, 0.717) is 18.1 Å². The van der Waals surface area contributed by atoms with Crippen molar-refractivity contribution in [1.29, 1.82) is 0 Å². The fourth-order valence-corrected chi connectivity index (χ4v) is 2.34. The van der Waals surface area contributed by atoms with E-state index in [2.05, 4.69) is 32.7 Å². The molecule has 0 atom stereocenters. The van der Waals surface area contributed by atoms with Gasteiger partial charge in [-0.2, -0.15) is 13.2 Å². The minimum Gasteiger partial charge on any atom is -0.356 e. The fraction of sp³-hybridized carbons (Fsp3) is 0.500. The number of unbranched alkanes of at least 4 members (excludes halogenated alkanes) is 1. The van der Waals surface area contributed by atoms with Gasteiger partial charge in [-0.3, -0.25) is 0 Å². The number of alkyl halides is 3. The van der Waals surface area contributed by atoms with E-state index in [9.17, 15) is 13.2 Å². The Labute approximate surface area is 156 Å².